The van der Waals surface area contributed by atoms with Crippen LogP contribution in [-0.2, 0) is 4.74 Å². The molecule has 0 aliphatic carbocycles. The maximum Gasteiger partial charge on any atom is 0.339 e. The number of benzene rings is 1. The molecule has 0 unspecified atom stereocenters. The Morgan fingerprint density at radius 1 is 1.16 bits per heavy atom. The summed E-state index contributed by atoms with van der Waals surface area (Å²) in [6.45, 7) is 7.12. The largest absolute Gasteiger partial charge is 0.465 e. The zero-order chi connectivity index (χ0) is 18.7. The van der Waals surface area contributed by atoms with Crippen LogP contribution >= 0.6 is 0 Å². The molecular weight excluding hydrogens is 323 g/mol. The number of halogens is 1. The van der Waals surface area contributed by atoms with Crippen molar-refractivity contribution < 1.29 is 18.7 Å². The number of carbonyl (C=O) groups excluding carboxylic acids is 2. The summed E-state index contributed by atoms with van der Waals surface area (Å²) < 4.78 is 17.8. The number of rotatable bonds is 6. The van der Waals surface area contributed by atoms with Crippen LogP contribution in [0.3, 0.4) is 0 Å². The minimum atomic E-state index is -0.484. The topological polar surface area (TPSA) is 71.2 Å². The first kappa shape index (κ1) is 18.9. The van der Waals surface area contributed by atoms with Crippen molar-refractivity contribution >= 4 is 11.8 Å². The van der Waals surface area contributed by atoms with Crippen LogP contribution in [0.5, 0.6) is 0 Å². The van der Waals surface area contributed by atoms with E-state index in [0.29, 0.717) is 22.5 Å². The fourth-order valence-corrected chi connectivity index (χ4v) is 2.92. The Bertz CT molecular complexity index is 781. The van der Waals surface area contributed by atoms with Crippen LogP contribution in [0.2, 0.25) is 0 Å². The lowest BCUT2D eigenvalue weighted by molar-refractivity contribution is 0.0599. The number of aromatic nitrogens is 1. The molecule has 2 N–H and O–H groups in total. The van der Waals surface area contributed by atoms with Gasteiger partial charge in [0.15, 0.2) is 5.78 Å². The summed E-state index contributed by atoms with van der Waals surface area (Å²) in [6.07, 6.45) is 0. The van der Waals surface area contributed by atoms with Gasteiger partial charge in [0.25, 0.3) is 0 Å². The van der Waals surface area contributed by atoms with Crippen molar-refractivity contribution in [2.24, 2.45) is 0 Å². The van der Waals surface area contributed by atoms with Gasteiger partial charge in [0, 0.05) is 11.7 Å². The number of esters is 1. The summed E-state index contributed by atoms with van der Waals surface area (Å²) in [7, 11) is 1.31. The van der Waals surface area contributed by atoms with E-state index >= 15 is 0 Å². The Morgan fingerprint density at radius 2 is 1.76 bits per heavy atom. The van der Waals surface area contributed by atoms with Crippen molar-refractivity contribution in [3.05, 3.63) is 58.2 Å². The van der Waals surface area contributed by atoms with Gasteiger partial charge in [-0.1, -0.05) is 12.1 Å². The molecule has 0 aliphatic heterocycles. The normalized spacial score (nSPS) is 13.4. The van der Waals surface area contributed by atoms with Gasteiger partial charge in [-0.25, -0.2) is 9.18 Å². The van der Waals surface area contributed by atoms with Gasteiger partial charge in [-0.3, -0.25) is 4.79 Å². The Hall–Kier alpha value is -2.47. The molecule has 0 bridgehead atoms. The Kier molecular flexibility index (Phi) is 5.74. The van der Waals surface area contributed by atoms with Crippen LogP contribution in [0.4, 0.5) is 4.39 Å². The smallest absolute Gasteiger partial charge is 0.339 e. The monoisotopic (exact) mass is 346 g/mol. The van der Waals surface area contributed by atoms with E-state index in [1.54, 1.807) is 32.9 Å². The summed E-state index contributed by atoms with van der Waals surface area (Å²) in [5, 5.41) is 3.20. The van der Waals surface area contributed by atoms with E-state index in [0.717, 1.165) is 5.56 Å². The lowest BCUT2D eigenvalue weighted by Gasteiger charge is -2.19. The van der Waals surface area contributed by atoms with Gasteiger partial charge in [-0.15, -0.1) is 0 Å². The summed E-state index contributed by atoms with van der Waals surface area (Å²) in [5.74, 6) is -0.914. The molecule has 0 spiro atoms. The summed E-state index contributed by atoms with van der Waals surface area (Å²) in [6, 6.07) is 5.54. The Labute approximate surface area is 146 Å². The third-order valence-corrected chi connectivity index (χ3v) is 4.34. The molecule has 2 aromatic rings. The van der Waals surface area contributed by atoms with Crippen molar-refractivity contribution in [3.8, 4) is 0 Å². The van der Waals surface area contributed by atoms with Gasteiger partial charge in [0.1, 0.15) is 5.82 Å². The van der Waals surface area contributed by atoms with E-state index in [-0.39, 0.29) is 17.6 Å². The van der Waals surface area contributed by atoms with Crippen LogP contribution < -0.4 is 5.32 Å². The molecule has 0 fully saturated rings. The van der Waals surface area contributed by atoms with Gasteiger partial charge >= 0.3 is 5.97 Å². The van der Waals surface area contributed by atoms with E-state index < -0.39 is 12.0 Å². The minimum Gasteiger partial charge on any atom is -0.465 e. The number of Topliss-reactive ketones (excluding diaryl/α,β-unsaturated/α-hetero) is 1. The average molecular weight is 346 g/mol. The number of hydrogen-bond acceptors (Lipinski definition) is 4. The molecule has 1 aromatic heterocycles. The molecule has 0 radical (unpaired) electrons. The number of H-pyrrole nitrogens is 1. The standard InChI is InChI=1S/C19H23FN2O3/c1-10-16(19(24)25-5)12(3)22-17(10)18(23)13(4)21-11(2)14-6-8-15(20)9-7-14/h6-9,11,13,21-22H,1-5H3/t11-,13-/m0/s1. The van der Waals surface area contributed by atoms with E-state index in [1.807, 2.05) is 6.92 Å². The quantitative estimate of drug-likeness (QED) is 0.620. The third kappa shape index (κ3) is 3.96. The second-order valence-electron chi connectivity index (χ2n) is 6.14. The number of nitrogens with one attached hydrogen (secondary N) is 2. The molecule has 134 valence electrons. The van der Waals surface area contributed by atoms with E-state index in [9.17, 15) is 14.0 Å². The fourth-order valence-electron chi connectivity index (χ4n) is 2.92. The molecule has 5 nitrogen and oxygen atoms in total. The predicted octanol–water partition coefficient (Wildman–Crippen LogP) is 3.48. The molecule has 0 aliphatic rings. The van der Waals surface area contributed by atoms with E-state index in [4.69, 9.17) is 4.74 Å². The number of aryl methyl sites for hydroxylation is 1. The van der Waals surface area contributed by atoms with E-state index in [2.05, 4.69) is 10.3 Å². The molecule has 25 heavy (non-hydrogen) atoms. The number of ether oxygens (including phenoxy) is 1. The molecule has 0 saturated carbocycles. The number of methoxy groups -OCH3 is 1. The van der Waals surface area contributed by atoms with Gasteiger partial charge in [-0.05, 0) is 51.0 Å². The molecule has 2 atom stereocenters. The van der Waals surface area contributed by atoms with Crippen LogP contribution in [0.25, 0.3) is 0 Å². The Balaban J connectivity index is 2.17. The molecule has 0 amide bonds. The lowest BCUT2D eigenvalue weighted by Crippen LogP contribution is -2.36. The SMILES string of the molecule is COC(=O)c1c(C)[nH]c(C(=O)[C@H](C)N[C@@H](C)c2ccc(F)cc2)c1C. The highest BCUT2D eigenvalue weighted by molar-refractivity contribution is 6.03. The molecule has 6 heteroatoms. The summed E-state index contributed by atoms with van der Waals surface area (Å²) in [5.41, 5.74) is 2.86. The van der Waals surface area contributed by atoms with Gasteiger partial charge < -0.3 is 15.0 Å². The van der Waals surface area contributed by atoms with Crippen molar-refractivity contribution in [2.75, 3.05) is 7.11 Å². The minimum absolute atomic E-state index is 0.129. The van der Waals surface area contributed by atoms with E-state index in [1.165, 1.54) is 19.2 Å². The second-order valence-corrected chi connectivity index (χ2v) is 6.14. The summed E-state index contributed by atoms with van der Waals surface area (Å²) in [4.78, 5) is 27.6. The first-order chi connectivity index (χ1) is 11.8. The molecule has 1 aromatic carbocycles. The first-order valence-corrected chi connectivity index (χ1v) is 8.09. The molecule has 0 saturated heterocycles. The van der Waals surface area contributed by atoms with Crippen LogP contribution in [0.15, 0.2) is 24.3 Å². The maximum atomic E-state index is 13.0. The molecule has 2 rings (SSSR count). The highest BCUT2D eigenvalue weighted by atomic mass is 19.1. The fraction of sp³-hybridized carbons (Fsp3) is 0.368. The number of ketones is 1. The lowest BCUT2D eigenvalue weighted by atomic mass is 10.0. The third-order valence-electron chi connectivity index (χ3n) is 4.34. The van der Waals surface area contributed by atoms with Crippen LogP contribution in [0.1, 0.15) is 57.6 Å². The average Bonchev–Trinajstić information content (AvgIpc) is 2.88. The first-order valence-electron chi connectivity index (χ1n) is 8.09. The number of hydrogen-bond donors (Lipinski definition) is 2. The highest BCUT2D eigenvalue weighted by Crippen LogP contribution is 2.21. The zero-order valence-corrected chi connectivity index (χ0v) is 15.1. The number of carbonyl (C=O) groups is 2. The van der Waals surface area contributed by atoms with Gasteiger partial charge in [0.2, 0.25) is 0 Å². The summed E-state index contributed by atoms with van der Waals surface area (Å²) >= 11 is 0. The second kappa shape index (κ2) is 7.61. The molecule has 1 heterocycles. The molecular formula is C19H23FN2O3. The maximum absolute atomic E-state index is 13.0. The van der Waals surface area contributed by atoms with Crippen LogP contribution in [-0.4, -0.2) is 29.9 Å². The van der Waals surface area contributed by atoms with Crippen LogP contribution in [0, 0.1) is 19.7 Å². The number of aromatic amines is 1. The predicted molar refractivity (Wildman–Crippen MR) is 93.3 cm³/mol. The Morgan fingerprint density at radius 3 is 2.32 bits per heavy atom. The zero-order valence-electron chi connectivity index (χ0n) is 15.1. The van der Waals surface area contributed by atoms with Crippen molar-refractivity contribution in [1.82, 2.24) is 10.3 Å². The highest BCUT2D eigenvalue weighted by Gasteiger charge is 2.26. The van der Waals surface area contributed by atoms with Crippen molar-refractivity contribution in [1.29, 1.82) is 0 Å². The van der Waals surface area contributed by atoms with Crippen molar-refractivity contribution in [3.63, 3.8) is 0 Å². The van der Waals surface area contributed by atoms with Crippen molar-refractivity contribution in [2.45, 2.75) is 39.8 Å². The van der Waals surface area contributed by atoms with Gasteiger partial charge in [-0.2, -0.15) is 0 Å². The van der Waals surface area contributed by atoms with Gasteiger partial charge in [0.05, 0.1) is 24.4 Å².